The normalized spacial score (nSPS) is 13.7. The molecule has 7 heteroatoms. The standard InChI is InChI=1S/C14H8ClNO5/c15-9-3-1-2-8-11(9)16(13(18)12(8)17)6-10-7(14(19)20)4-5-21-10/h1-5H,6H2,(H,19,20). The van der Waals surface area contributed by atoms with Crippen molar-refractivity contribution in [2.45, 2.75) is 6.54 Å². The Bertz CT molecular complexity index is 779. The molecule has 106 valence electrons. The van der Waals surface area contributed by atoms with Gasteiger partial charge < -0.3 is 9.52 Å². The highest BCUT2D eigenvalue weighted by atomic mass is 35.5. The van der Waals surface area contributed by atoms with Crippen LogP contribution in [-0.4, -0.2) is 22.8 Å². The Labute approximate surface area is 123 Å². The number of carbonyl (C=O) groups excluding carboxylic acids is 2. The van der Waals surface area contributed by atoms with Crippen LogP contribution >= 0.6 is 11.6 Å². The van der Waals surface area contributed by atoms with E-state index in [-0.39, 0.29) is 34.1 Å². The van der Waals surface area contributed by atoms with E-state index in [1.807, 2.05) is 0 Å². The summed E-state index contributed by atoms with van der Waals surface area (Å²) < 4.78 is 5.10. The summed E-state index contributed by atoms with van der Waals surface area (Å²) in [5, 5.41) is 9.29. The molecule has 0 aliphatic carbocycles. The van der Waals surface area contributed by atoms with E-state index >= 15 is 0 Å². The van der Waals surface area contributed by atoms with Gasteiger partial charge in [-0.1, -0.05) is 17.7 Å². The third-order valence-corrected chi connectivity index (χ3v) is 3.52. The lowest BCUT2D eigenvalue weighted by Crippen LogP contribution is -2.29. The van der Waals surface area contributed by atoms with Crippen molar-refractivity contribution in [1.82, 2.24) is 0 Å². The Kier molecular flexibility index (Phi) is 3.03. The largest absolute Gasteiger partial charge is 0.478 e. The number of ketones is 1. The minimum Gasteiger partial charge on any atom is -0.478 e. The Morgan fingerprint density at radius 3 is 2.76 bits per heavy atom. The predicted molar refractivity (Wildman–Crippen MR) is 72.6 cm³/mol. The molecule has 21 heavy (non-hydrogen) atoms. The summed E-state index contributed by atoms with van der Waals surface area (Å²) in [6.45, 7) is -0.171. The van der Waals surface area contributed by atoms with Crippen molar-refractivity contribution in [3.63, 3.8) is 0 Å². The van der Waals surface area contributed by atoms with Crippen LogP contribution in [0.25, 0.3) is 0 Å². The monoisotopic (exact) mass is 305 g/mol. The number of hydrogen-bond donors (Lipinski definition) is 1. The third-order valence-electron chi connectivity index (χ3n) is 3.22. The Morgan fingerprint density at radius 2 is 2.05 bits per heavy atom. The molecule has 1 amide bonds. The summed E-state index contributed by atoms with van der Waals surface area (Å²) in [5.41, 5.74) is 0.425. The molecule has 0 spiro atoms. The van der Waals surface area contributed by atoms with Gasteiger partial charge in [0, 0.05) is 0 Å². The Hall–Kier alpha value is -2.60. The highest BCUT2D eigenvalue weighted by molar-refractivity contribution is 6.54. The molecule has 0 radical (unpaired) electrons. The van der Waals surface area contributed by atoms with Crippen LogP contribution in [0.5, 0.6) is 0 Å². The van der Waals surface area contributed by atoms with E-state index in [2.05, 4.69) is 0 Å². The van der Waals surface area contributed by atoms with E-state index in [0.717, 1.165) is 4.90 Å². The van der Waals surface area contributed by atoms with Gasteiger partial charge in [-0.2, -0.15) is 0 Å². The Morgan fingerprint density at radius 1 is 1.29 bits per heavy atom. The highest BCUT2D eigenvalue weighted by Crippen LogP contribution is 2.36. The zero-order valence-electron chi connectivity index (χ0n) is 10.5. The van der Waals surface area contributed by atoms with Crippen molar-refractivity contribution in [3.05, 3.63) is 52.4 Å². The fourth-order valence-electron chi connectivity index (χ4n) is 2.26. The second-order valence-corrected chi connectivity index (χ2v) is 4.83. The Balaban J connectivity index is 2.05. The maximum Gasteiger partial charge on any atom is 0.339 e. The number of carboxylic acid groups (broad SMARTS) is 1. The van der Waals surface area contributed by atoms with Crippen LogP contribution in [0.15, 0.2) is 34.9 Å². The van der Waals surface area contributed by atoms with Crippen LogP contribution in [0.4, 0.5) is 5.69 Å². The van der Waals surface area contributed by atoms with Gasteiger partial charge in [-0.25, -0.2) is 4.79 Å². The molecule has 2 heterocycles. The lowest BCUT2D eigenvalue weighted by molar-refractivity contribution is -0.114. The van der Waals surface area contributed by atoms with E-state index in [1.54, 1.807) is 12.1 Å². The predicted octanol–water partition coefficient (Wildman–Crippen LogP) is 2.36. The minimum absolute atomic E-state index is 0.0595. The van der Waals surface area contributed by atoms with Crippen molar-refractivity contribution < 1.29 is 23.9 Å². The molecule has 1 N–H and O–H groups in total. The first-order chi connectivity index (χ1) is 10.0. The van der Waals surface area contributed by atoms with E-state index in [9.17, 15) is 14.4 Å². The van der Waals surface area contributed by atoms with Gasteiger partial charge in [0.25, 0.3) is 11.7 Å². The average Bonchev–Trinajstić information content (AvgIpc) is 2.99. The number of aromatic carboxylic acids is 1. The van der Waals surface area contributed by atoms with Gasteiger partial charge in [0.05, 0.1) is 29.1 Å². The van der Waals surface area contributed by atoms with Gasteiger partial charge >= 0.3 is 5.97 Å². The van der Waals surface area contributed by atoms with Crippen molar-refractivity contribution in [3.8, 4) is 0 Å². The maximum atomic E-state index is 12.1. The number of amides is 1. The van der Waals surface area contributed by atoms with Gasteiger partial charge in [0.15, 0.2) is 0 Å². The van der Waals surface area contributed by atoms with Gasteiger partial charge in [-0.15, -0.1) is 0 Å². The van der Waals surface area contributed by atoms with Crippen LogP contribution in [0.2, 0.25) is 5.02 Å². The van der Waals surface area contributed by atoms with E-state index in [0.29, 0.717) is 0 Å². The fraction of sp³-hybridized carbons (Fsp3) is 0.0714. The number of carbonyl (C=O) groups is 3. The summed E-state index contributed by atoms with van der Waals surface area (Å²) in [6.07, 6.45) is 1.22. The number of Topliss-reactive ketones (excluding diaryl/α,β-unsaturated/α-hetero) is 1. The van der Waals surface area contributed by atoms with Gasteiger partial charge in [0.1, 0.15) is 11.3 Å². The van der Waals surface area contributed by atoms with Crippen LogP contribution in [0, 0.1) is 0 Å². The van der Waals surface area contributed by atoms with Gasteiger partial charge in [-0.05, 0) is 18.2 Å². The summed E-state index contributed by atoms with van der Waals surface area (Å²) in [6, 6.07) is 5.92. The number of hydrogen-bond acceptors (Lipinski definition) is 4. The maximum absolute atomic E-state index is 12.1. The number of anilines is 1. The van der Waals surface area contributed by atoms with Gasteiger partial charge in [0.2, 0.25) is 0 Å². The number of carboxylic acids is 1. The molecule has 3 rings (SSSR count). The molecule has 1 aliphatic rings. The topological polar surface area (TPSA) is 87.8 Å². The smallest absolute Gasteiger partial charge is 0.339 e. The lowest BCUT2D eigenvalue weighted by atomic mass is 10.1. The molecule has 1 aromatic carbocycles. The summed E-state index contributed by atoms with van der Waals surface area (Å²) in [4.78, 5) is 36.1. The van der Waals surface area contributed by atoms with E-state index in [4.69, 9.17) is 21.1 Å². The number of fused-ring (bicyclic) bond motifs is 1. The molecule has 6 nitrogen and oxygen atoms in total. The van der Waals surface area contributed by atoms with Crippen LogP contribution in [0.3, 0.4) is 0 Å². The zero-order chi connectivity index (χ0) is 15.1. The number of benzene rings is 1. The van der Waals surface area contributed by atoms with E-state index < -0.39 is 17.7 Å². The molecule has 1 aromatic heterocycles. The molecule has 0 atom stereocenters. The number of para-hydroxylation sites is 1. The minimum atomic E-state index is -1.17. The average molecular weight is 306 g/mol. The summed E-state index contributed by atoms with van der Waals surface area (Å²) in [5.74, 6) is -2.52. The summed E-state index contributed by atoms with van der Waals surface area (Å²) >= 11 is 6.04. The lowest BCUT2D eigenvalue weighted by Gasteiger charge is -2.16. The first kappa shape index (κ1) is 13.4. The van der Waals surface area contributed by atoms with E-state index in [1.165, 1.54) is 18.4 Å². The molecular formula is C14H8ClNO5. The molecule has 2 aromatic rings. The van der Waals surface area contributed by atoms with Crippen molar-refractivity contribution in [2.24, 2.45) is 0 Å². The SMILES string of the molecule is O=C(O)c1ccoc1CN1C(=O)C(=O)c2cccc(Cl)c21. The molecular weight excluding hydrogens is 298 g/mol. The van der Waals surface area contributed by atoms with Crippen LogP contribution in [0.1, 0.15) is 26.5 Å². The number of halogens is 1. The molecule has 0 saturated heterocycles. The fourth-order valence-corrected chi connectivity index (χ4v) is 2.54. The van der Waals surface area contributed by atoms with Gasteiger partial charge in [-0.3, -0.25) is 14.5 Å². The molecule has 0 bridgehead atoms. The van der Waals surface area contributed by atoms with Crippen molar-refractivity contribution >= 4 is 34.9 Å². The van der Waals surface area contributed by atoms with Crippen molar-refractivity contribution in [2.75, 3.05) is 4.90 Å². The molecule has 1 aliphatic heterocycles. The second kappa shape index (κ2) is 4.75. The number of nitrogens with zero attached hydrogens (tertiary/aromatic N) is 1. The second-order valence-electron chi connectivity index (χ2n) is 4.42. The molecule has 0 saturated carbocycles. The number of furan rings is 1. The first-order valence-corrected chi connectivity index (χ1v) is 6.33. The first-order valence-electron chi connectivity index (χ1n) is 5.95. The van der Waals surface area contributed by atoms with Crippen LogP contribution in [-0.2, 0) is 11.3 Å². The zero-order valence-corrected chi connectivity index (χ0v) is 11.3. The number of rotatable bonds is 3. The summed E-state index contributed by atoms with van der Waals surface area (Å²) in [7, 11) is 0. The molecule has 0 unspecified atom stereocenters. The quantitative estimate of drug-likeness (QED) is 0.879. The highest BCUT2D eigenvalue weighted by Gasteiger charge is 2.38. The third kappa shape index (κ3) is 2.00. The van der Waals surface area contributed by atoms with Crippen molar-refractivity contribution in [1.29, 1.82) is 0 Å². The molecule has 0 fully saturated rings. The van der Waals surface area contributed by atoms with Crippen LogP contribution < -0.4 is 4.90 Å².